The topological polar surface area (TPSA) is 79.8 Å². The van der Waals surface area contributed by atoms with Crippen molar-refractivity contribution in [1.82, 2.24) is 5.32 Å². The number of hydrazone groups is 1. The molecule has 2 N–H and O–H groups in total. The second-order valence-corrected chi connectivity index (χ2v) is 7.22. The maximum Gasteiger partial charge on any atom is 0.416 e. The normalized spacial score (nSPS) is 15.0. The van der Waals surface area contributed by atoms with Crippen molar-refractivity contribution in [2.24, 2.45) is 5.10 Å². The number of fused-ring (bicyclic) bond motifs is 1. The lowest BCUT2D eigenvalue weighted by Gasteiger charge is -2.14. The molecule has 1 aliphatic carbocycles. The van der Waals surface area contributed by atoms with Crippen LogP contribution in [-0.4, -0.2) is 11.6 Å². The molecule has 0 radical (unpaired) electrons. The molecular formula is C22H20F3N3O3. The Labute approximate surface area is 176 Å². The van der Waals surface area contributed by atoms with Crippen molar-refractivity contribution in [3.8, 4) is 0 Å². The highest BCUT2D eigenvalue weighted by atomic mass is 19.4. The maximum absolute atomic E-state index is 12.9. The Morgan fingerprint density at radius 2 is 2.03 bits per heavy atom. The smallest absolute Gasteiger partial charge is 0.416 e. The number of furan rings is 2. The van der Waals surface area contributed by atoms with Crippen molar-refractivity contribution in [3.63, 3.8) is 0 Å². The van der Waals surface area contributed by atoms with Crippen LogP contribution in [0, 0.1) is 6.92 Å². The van der Waals surface area contributed by atoms with Gasteiger partial charge >= 0.3 is 6.18 Å². The van der Waals surface area contributed by atoms with Gasteiger partial charge in [-0.1, -0.05) is 6.07 Å². The third-order valence-electron chi connectivity index (χ3n) is 5.05. The highest BCUT2D eigenvalue weighted by Crippen LogP contribution is 2.32. The van der Waals surface area contributed by atoms with Crippen LogP contribution in [-0.2, 0) is 19.1 Å². The van der Waals surface area contributed by atoms with Gasteiger partial charge in [0.15, 0.2) is 5.76 Å². The van der Waals surface area contributed by atoms with Crippen LogP contribution in [0.1, 0.15) is 51.6 Å². The number of hydrogen-bond acceptors (Lipinski definition) is 5. The summed E-state index contributed by atoms with van der Waals surface area (Å²) >= 11 is 0. The van der Waals surface area contributed by atoms with E-state index in [9.17, 15) is 18.0 Å². The molecule has 1 aliphatic rings. The minimum Gasteiger partial charge on any atom is -0.467 e. The van der Waals surface area contributed by atoms with E-state index in [0.717, 1.165) is 24.1 Å². The molecule has 9 heteroatoms. The fourth-order valence-electron chi connectivity index (χ4n) is 3.55. The van der Waals surface area contributed by atoms with Crippen LogP contribution in [0.2, 0.25) is 0 Å². The van der Waals surface area contributed by atoms with E-state index in [-0.39, 0.29) is 23.9 Å². The summed E-state index contributed by atoms with van der Waals surface area (Å²) in [6, 6.07) is 8.33. The first-order valence-corrected chi connectivity index (χ1v) is 9.76. The number of amides is 1. The van der Waals surface area contributed by atoms with E-state index in [0.29, 0.717) is 35.6 Å². The molecule has 0 bridgehead atoms. The second kappa shape index (κ2) is 8.33. The van der Waals surface area contributed by atoms with Crippen molar-refractivity contribution in [3.05, 3.63) is 76.6 Å². The fraction of sp³-hybridized carbons (Fsp3) is 0.273. The number of benzene rings is 1. The average molecular weight is 431 g/mol. The van der Waals surface area contributed by atoms with Crippen molar-refractivity contribution in [1.29, 1.82) is 0 Å². The number of anilines is 1. The van der Waals surface area contributed by atoms with E-state index in [1.54, 1.807) is 19.1 Å². The molecule has 0 spiro atoms. The number of rotatable bonds is 5. The quantitative estimate of drug-likeness (QED) is 0.539. The molecule has 0 aliphatic heterocycles. The molecule has 2 aromatic heterocycles. The molecule has 31 heavy (non-hydrogen) atoms. The molecule has 0 atom stereocenters. The number of nitrogens with one attached hydrogen (secondary N) is 2. The van der Waals surface area contributed by atoms with E-state index in [4.69, 9.17) is 8.83 Å². The Morgan fingerprint density at radius 1 is 1.19 bits per heavy atom. The predicted octanol–water partition coefficient (Wildman–Crippen LogP) is 5.28. The summed E-state index contributed by atoms with van der Waals surface area (Å²) in [6.07, 6.45) is -0.867. The van der Waals surface area contributed by atoms with Crippen molar-refractivity contribution >= 4 is 17.3 Å². The Morgan fingerprint density at radius 3 is 2.77 bits per heavy atom. The standard InChI is InChI=1S/C22H20F3N3O3/c1-13-19-17(28-27-15-6-2-5-14(11-15)22(23,24)25)8-3-9-18(19)31-20(13)21(29)26-12-16-7-4-10-30-16/h2,4-7,10-11,27H,3,8-9,12H2,1H3,(H,26,29)/b28-17+. The molecule has 1 amide bonds. The summed E-state index contributed by atoms with van der Waals surface area (Å²) in [4.78, 5) is 12.6. The Kier molecular flexibility index (Phi) is 5.58. The lowest BCUT2D eigenvalue weighted by Crippen LogP contribution is -2.23. The first-order chi connectivity index (χ1) is 14.8. The van der Waals surface area contributed by atoms with Gasteiger partial charge in [-0.15, -0.1) is 0 Å². The van der Waals surface area contributed by atoms with Crippen LogP contribution in [0.3, 0.4) is 0 Å². The number of carbonyl (C=O) groups excluding carboxylic acids is 1. The van der Waals surface area contributed by atoms with Gasteiger partial charge in [0.2, 0.25) is 0 Å². The molecular weight excluding hydrogens is 411 g/mol. The van der Waals surface area contributed by atoms with Gasteiger partial charge in [-0.05, 0) is 50.1 Å². The fourth-order valence-corrected chi connectivity index (χ4v) is 3.55. The molecule has 3 aromatic rings. The van der Waals surface area contributed by atoms with Crippen molar-refractivity contribution in [2.75, 3.05) is 5.43 Å². The van der Waals surface area contributed by atoms with E-state index < -0.39 is 11.7 Å². The number of hydrogen-bond donors (Lipinski definition) is 2. The molecule has 0 unspecified atom stereocenters. The van der Waals surface area contributed by atoms with Crippen molar-refractivity contribution < 1.29 is 26.8 Å². The average Bonchev–Trinajstić information content (AvgIpc) is 3.38. The number of carbonyl (C=O) groups is 1. The Hall–Kier alpha value is -3.49. The third kappa shape index (κ3) is 4.50. The van der Waals surface area contributed by atoms with E-state index in [2.05, 4.69) is 15.8 Å². The predicted molar refractivity (Wildman–Crippen MR) is 108 cm³/mol. The summed E-state index contributed by atoms with van der Waals surface area (Å²) in [5.74, 6) is 1.10. The van der Waals surface area contributed by atoms with E-state index in [1.807, 2.05) is 0 Å². The van der Waals surface area contributed by atoms with Gasteiger partial charge in [0.1, 0.15) is 11.5 Å². The summed E-state index contributed by atoms with van der Waals surface area (Å²) < 4.78 is 49.8. The van der Waals surface area contributed by atoms with E-state index in [1.165, 1.54) is 18.4 Å². The zero-order valence-corrected chi connectivity index (χ0v) is 16.7. The zero-order chi connectivity index (χ0) is 22.0. The van der Waals surface area contributed by atoms with Gasteiger partial charge in [-0.25, -0.2) is 0 Å². The largest absolute Gasteiger partial charge is 0.467 e. The molecule has 0 saturated carbocycles. The summed E-state index contributed by atoms with van der Waals surface area (Å²) in [5.41, 5.74) is 4.21. The van der Waals surface area contributed by atoms with E-state index >= 15 is 0 Å². The molecule has 162 valence electrons. The van der Waals surface area contributed by atoms with Crippen LogP contribution in [0.5, 0.6) is 0 Å². The number of alkyl halides is 3. The number of halogens is 3. The zero-order valence-electron chi connectivity index (χ0n) is 16.7. The van der Waals surface area contributed by atoms with Gasteiger partial charge in [0, 0.05) is 17.5 Å². The van der Waals surface area contributed by atoms with Gasteiger partial charge in [0.05, 0.1) is 29.8 Å². The molecule has 4 rings (SSSR count). The van der Waals surface area contributed by atoms with Crippen LogP contribution < -0.4 is 10.7 Å². The molecule has 6 nitrogen and oxygen atoms in total. The highest BCUT2D eigenvalue weighted by molar-refractivity contribution is 6.06. The minimum absolute atomic E-state index is 0.199. The summed E-state index contributed by atoms with van der Waals surface area (Å²) in [7, 11) is 0. The Bertz CT molecular complexity index is 1110. The van der Waals surface area contributed by atoms with Crippen molar-refractivity contribution in [2.45, 2.75) is 38.9 Å². The third-order valence-corrected chi connectivity index (χ3v) is 5.05. The van der Waals surface area contributed by atoms with Crippen LogP contribution >= 0.6 is 0 Å². The lowest BCUT2D eigenvalue weighted by atomic mass is 9.93. The molecule has 0 fully saturated rings. The van der Waals surface area contributed by atoms with Crippen LogP contribution in [0.15, 0.2) is 56.6 Å². The molecule has 0 saturated heterocycles. The SMILES string of the molecule is Cc1c(C(=O)NCc2ccco2)oc2c1/C(=N/Nc1cccc(C(F)(F)F)c1)CCC2. The first-order valence-electron chi connectivity index (χ1n) is 9.76. The number of nitrogens with zero attached hydrogens (tertiary/aromatic N) is 1. The lowest BCUT2D eigenvalue weighted by molar-refractivity contribution is -0.137. The maximum atomic E-state index is 12.9. The van der Waals surface area contributed by atoms with Gasteiger partial charge in [0.25, 0.3) is 5.91 Å². The van der Waals surface area contributed by atoms with Crippen LogP contribution in [0.4, 0.5) is 18.9 Å². The van der Waals surface area contributed by atoms with Gasteiger partial charge in [-0.2, -0.15) is 18.3 Å². The molecule has 2 heterocycles. The van der Waals surface area contributed by atoms with Gasteiger partial charge < -0.3 is 14.2 Å². The minimum atomic E-state index is -4.43. The Balaban J connectivity index is 1.54. The summed E-state index contributed by atoms with van der Waals surface area (Å²) in [5, 5.41) is 7.09. The molecule has 1 aromatic carbocycles. The summed E-state index contributed by atoms with van der Waals surface area (Å²) in [6.45, 7) is 2.00. The number of aryl methyl sites for hydroxylation is 1. The van der Waals surface area contributed by atoms with Gasteiger partial charge in [-0.3, -0.25) is 10.2 Å². The second-order valence-electron chi connectivity index (χ2n) is 7.22. The monoisotopic (exact) mass is 431 g/mol. The first kappa shape index (κ1) is 20.8. The van der Waals surface area contributed by atoms with Crippen LogP contribution in [0.25, 0.3) is 0 Å². The highest BCUT2D eigenvalue weighted by Gasteiger charge is 2.31.